The van der Waals surface area contributed by atoms with Crippen molar-refractivity contribution in [2.24, 2.45) is 0 Å². The van der Waals surface area contributed by atoms with E-state index in [0.29, 0.717) is 34.0 Å². The average molecular weight is 444 g/mol. The average Bonchev–Trinajstić information content (AvgIpc) is 3.46. The maximum absolute atomic E-state index is 13.2. The highest BCUT2D eigenvalue weighted by molar-refractivity contribution is 7.98. The van der Waals surface area contributed by atoms with Crippen LogP contribution in [-0.4, -0.2) is 29.9 Å². The fraction of sp³-hybridized carbons (Fsp3) is 0.0870. The monoisotopic (exact) mass is 444 g/mol. The lowest BCUT2D eigenvalue weighted by Gasteiger charge is -2.12. The van der Waals surface area contributed by atoms with Crippen LogP contribution in [0.25, 0.3) is 28.5 Å². The molecule has 0 N–H and O–H groups in total. The van der Waals surface area contributed by atoms with Gasteiger partial charge < -0.3 is 4.52 Å². The minimum Gasteiger partial charge on any atom is -0.334 e. The third kappa shape index (κ3) is 4.02. The van der Waals surface area contributed by atoms with E-state index in [9.17, 15) is 4.39 Å². The van der Waals surface area contributed by atoms with Crippen LogP contribution in [0.4, 0.5) is 4.39 Å². The standard InChI is InChI=1S/C23H17FN6OS/c1-15-5-2-3-7-19(15)30-21(17-6-4-12-25-13-17)27-28-23(30)32-14-20-26-22(31-29-20)16-8-10-18(24)11-9-16/h2-13H,14H2,1H3. The van der Waals surface area contributed by atoms with E-state index in [1.54, 1.807) is 24.5 Å². The molecule has 0 amide bonds. The zero-order valence-electron chi connectivity index (χ0n) is 17.0. The molecule has 5 aromatic rings. The molecule has 2 aromatic carbocycles. The van der Waals surface area contributed by atoms with Gasteiger partial charge in [0.1, 0.15) is 5.82 Å². The van der Waals surface area contributed by atoms with Gasteiger partial charge in [-0.2, -0.15) is 4.98 Å². The number of benzene rings is 2. The molecule has 0 radical (unpaired) electrons. The third-order valence-corrected chi connectivity index (χ3v) is 5.72. The number of thioether (sulfide) groups is 1. The van der Waals surface area contributed by atoms with E-state index in [1.807, 2.05) is 47.9 Å². The summed E-state index contributed by atoms with van der Waals surface area (Å²) in [7, 11) is 0. The Morgan fingerprint density at radius 1 is 0.969 bits per heavy atom. The van der Waals surface area contributed by atoms with Crippen molar-refractivity contribution in [3.05, 3.63) is 90.3 Å². The molecule has 0 fully saturated rings. The molecule has 0 unspecified atom stereocenters. The highest BCUT2D eigenvalue weighted by Crippen LogP contribution is 2.30. The van der Waals surface area contributed by atoms with Gasteiger partial charge in [0.15, 0.2) is 16.8 Å². The zero-order valence-corrected chi connectivity index (χ0v) is 17.8. The number of hydrogen-bond acceptors (Lipinski definition) is 7. The fourth-order valence-corrected chi connectivity index (χ4v) is 4.02. The normalized spacial score (nSPS) is 11.1. The van der Waals surface area contributed by atoms with E-state index in [-0.39, 0.29) is 5.82 Å². The van der Waals surface area contributed by atoms with Crippen molar-refractivity contribution >= 4 is 11.8 Å². The smallest absolute Gasteiger partial charge is 0.257 e. The van der Waals surface area contributed by atoms with Crippen LogP contribution in [0, 0.1) is 12.7 Å². The summed E-state index contributed by atoms with van der Waals surface area (Å²) in [5, 5.41) is 13.6. The van der Waals surface area contributed by atoms with Gasteiger partial charge in [0.05, 0.1) is 11.4 Å². The molecule has 7 nitrogen and oxygen atoms in total. The van der Waals surface area contributed by atoms with Gasteiger partial charge in [-0.15, -0.1) is 10.2 Å². The Morgan fingerprint density at radius 3 is 2.59 bits per heavy atom. The second-order valence-electron chi connectivity index (χ2n) is 6.98. The molecule has 32 heavy (non-hydrogen) atoms. The lowest BCUT2D eigenvalue weighted by molar-refractivity contribution is 0.425. The summed E-state index contributed by atoms with van der Waals surface area (Å²) in [6.07, 6.45) is 3.49. The summed E-state index contributed by atoms with van der Waals surface area (Å²) in [5.74, 6) is 1.68. The summed E-state index contributed by atoms with van der Waals surface area (Å²) in [6.45, 7) is 2.05. The van der Waals surface area contributed by atoms with Gasteiger partial charge >= 0.3 is 0 Å². The predicted octanol–water partition coefficient (Wildman–Crippen LogP) is 5.12. The van der Waals surface area contributed by atoms with Crippen LogP contribution in [0.3, 0.4) is 0 Å². The molecular weight excluding hydrogens is 427 g/mol. The lowest BCUT2D eigenvalue weighted by Crippen LogP contribution is -2.02. The van der Waals surface area contributed by atoms with Gasteiger partial charge in [0.25, 0.3) is 5.89 Å². The van der Waals surface area contributed by atoms with E-state index in [2.05, 4.69) is 25.3 Å². The molecule has 0 atom stereocenters. The Balaban J connectivity index is 1.45. The Bertz CT molecular complexity index is 1350. The van der Waals surface area contributed by atoms with Crippen molar-refractivity contribution in [1.82, 2.24) is 29.9 Å². The second kappa shape index (κ2) is 8.72. The molecule has 9 heteroatoms. The van der Waals surface area contributed by atoms with Gasteiger partial charge in [-0.1, -0.05) is 35.1 Å². The van der Waals surface area contributed by atoms with E-state index < -0.39 is 0 Å². The number of aryl methyl sites for hydroxylation is 1. The molecule has 0 saturated carbocycles. The fourth-order valence-electron chi connectivity index (χ4n) is 3.23. The summed E-state index contributed by atoms with van der Waals surface area (Å²) in [4.78, 5) is 8.64. The Labute approximate surface area is 187 Å². The topological polar surface area (TPSA) is 82.5 Å². The first-order chi connectivity index (χ1) is 15.7. The summed E-state index contributed by atoms with van der Waals surface area (Å²) in [5.41, 5.74) is 3.61. The number of rotatable bonds is 6. The SMILES string of the molecule is Cc1ccccc1-n1c(SCc2noc(-c3ccc(F)cc3)n2)nnc1-c1cccnc1. The first-order valence-corrected chi connectivity index (χ1v) is 10.8. The number of aromatic nitrogens is 6. The number of halogens is 1. The molecule has 0 aliphatic rings. The van der Waals surface area contributed by atoms with Crippen LogP contribution in [0.5, 0.6) is 0 Å². The molecule has 3 aromatic heterocycles. The van der Waals surface area contributed by atoms with Gasteiger partial charge in [-0.3, -0.25) is 9.55 Å². The molecule has 0 bridgehead atoms. The van der Waals surface area contributed by atoms with Crippen LogP contribution in [0.2, 0.25) is 0 Å². The third-order valence-electron chi connectivity index (χ3n) is 4.80. The highest BCUT2D eigenvalue weighted by atomic mass is 32.2. The minimum atomic E-state index is -0.316. The van der Waals surface area contributed by atoms with E-state index in [4.69, 9.17) is 4.52 Å². The Morgan fingerprint density at radius 2 is 1.81 bits per heavy atom. The zero-order chi connectivity index (χ0) is 21.9. The number of nitrogens with zero attached hydrogens (tertiary/aromatic N) is 6. The van der Waals surface area contributed by atoms with Crippen molar-refractivity contribution in [2.75, 3.05) is 0 Å². The van der Waals surface area contributed by atoms with Gasteiger partial charge in [-0.05, 0) is 55.0 Å². The van der Waals surface area contributed by atoms with Gasteiger partial charge in [0.2, 0.25) is 0 Å². The second-order valence-corrected chi connectivity index (χ2v) is 7.92. The number of para-hydroxylation sites is 1. The Hall–Kier alpha value is -3.85. The first-order valence-electron chi connectivity index (χ1n) is 9.82. The quantitative estimate of drug-likeness (QED) is 0.336. The van der Waals surface area contributed by atoms with Crippen LogP contribution in [0.1, 0.15) is 11.4 Å². The van der Waals surface area contributed by atoms with Crippen molar-refractivity contribution in [3.8, 4) is 28.5 Å². The molecule has 0 aliphatic heterocycles. The number of pyridine rings is 1. The first kappa shape index (κ1) is 20.1. The molecule has 5 rings (SSSR count). The van der Waals surface area contributed by atoms with Crippen molar-refractivity contribution < 1.29 is 8.91 Å². The van der Waals surface area contributed by atoms with Crippen LogP contribution in [-0.2, 0) is 5.75 Å². The lowest BCUT2D eigenvalue weighted by atomic mass is 10.2. The summed E-state index contributed by atoms with van der Waals surface area (Å²) in [6, 6.07) is 17.8. The van der Waals surface area contributed by atoms with E-state index in [1.165, 1.54) is 23.9 Å². The minimum absolute atomic E-state index is 0.316. The maximum Gasteiger partial charge on any atom is 0.257 e. The predicted molar refractivity (Wildman–Crippen MR) is 119 cm³/mol. The van der Waals surface area contributed by atoms with E-state index in [0.717, 1.165) is 16.8 Å². The molecular formula is C23H17FN6OS. The van der Waals surface area contributed by atoms with Gasteiger partial charge in [0, 0.05) is 23.5 Å². The van der Waals surface area contributed by atoms with Crippen molar-refractivity contribution in [3.63, 3.8) is 0 Å². The highest BCUT2D eigenvalue weighted by Gasteiger charge is 2.19. The van der Waals surface area contributed by atoms with Crippen LogP contribution in [0.15, 0.2) is 82.7 Å². The largest absolute Gasteiger partial charge is 0.334 e. The van der Waals surface area contributed by atoms with Crippen molar-refractivity contribution in [2.45, 2.75) is 17.8 Å². The molecule has 0 saturated heterocycles. The molecule has 158 valence electrons. The van der Waals surface area contributed by atoms with E-state index >= 15 is 0 Å². The molecule has 0 aliphatic carbocycles. The summed E-state index contributed by atoms with van der Waals surface area (Å²) < 4.78 is 20.5. The van der Waals surface area contributed by atoms with Crippen LogP contribution < -0.4 is 0 Å². The van der Waals surface area contributed by atoms with Crippen molar-refractivity contribution in [1.29, 1.82) is 0 Å². The van der Waals surface area contributed by atoms with Crippen LogP contribution >= 0.6 is 11.8 Å². The van der Waals surface area contributed by atoms with Gasteiger partial charge in [-0.25, -0.2) is 4.39 Å². The Kier molecular flexibility index (Phi) is 5.47. The molecule has 0 spiro atoms. The summed E-state index contributed by atoms with van der Waals surface area (Å²) >= 11 is 1.45. The maximum atomic E-state index is 13.2. The molecule has 3 heterocycles. The number of hydrogen-bond donors (Lipinski definition) is 0.